The highest BCUT2D eigenvalue weighted by Crippen LogP contribution is 2.39. The molecule has 226 valence electrons. The van der Waals surface area contributed by atoms with Gasteiger partial charge in [0.1, 0.15) is 0 Å². The summed E-state index contributed by atoms with van der Waals surface area (Å²) in [7, 11) is 0. The van der Waals surface area contributed by atoms with E-state index in [1.807, 2.05) is 0 Å². The third-order valence-electron chi connectivity index (χ3n) is 9.68. The van der Waals surface area contributed by atoms with Crippen LogP contribution in [0.4, 0.5) is 0 Å². The molecule has 0 aliphatic heterocycles. The molecule has 0 amide bonds. The van der Waals surface area contributed by atoms with E-state index in [2.05, 4.69) is 162 Å². The molecule has 0 atom stereocenters. The van der Waals surface area contributed by atoms with E-state index in [9.17, 15) is 0 Å². The summed E-state index contributed by atoms with van der Waals surface area (Å²) in [5.74, 6) is 1.88. The smallest absolute Gasteiger partial charge is 0.238 e. The molecule has 0 N–H and O–H groups in total. The summed E-state index contributed by atoms with van der Waals surface area (Å²) in [6, 6.07) is 49.7. The topological polar surface area (TPSA) is 48.0 Å². The molecule has 0 aliphatic rings. The van der Waals surface area contributed by atoms with Crippen molar-refractivity contribution in [3.05, 3.63) is 151 Å². The van der Waals surface area contributed by atoms with Crippen LogP contribution in [0.2, 0.25) is 0 Å². The maximum absolute atomic E-state index is 5.19. The number of rotatable bonds is 3. The van der Waals surface area contributed by atoms with Crippen molar-refractivity contribution in [2.75, 3.05) is 0 Å². The highest BCUT2D eigenvalue weighted by Gasteiger charge is 2.20. The molecule has 0 aliphatic carbocycles. The van der Waals surface area contributed by atoms with Gasteiger partial charge in [-0.1, -0.05) is 120 Å². The van der Waals surface area contributed by atoms with Crippen LogP contribution in [0.1, 0.15) is 11.1 Å². The van der Waals surface area contributed by atoms with Crippen molar-refractivity contribution in [1.29, 1.82) is 0 Å². The molecule has 0 fully saturated rings. The van der Waals surface area contributed by atoms with Crippen LogP contribution in [0.3, 0.4) is 0 Å². The zero-order valence-corrected chi connectivity index (χ0v) is 26.5. The monoisotopic (exact) mass is 615 g/mol. The van der Waals surface area contributed by atoms with Crippen molar-refractivity contribution >= 4 is 59.9 Å². The van der Waals surface area contributed by atoms with Crippen molar-refractivity contribution in [2.24, 2.45) is 0 Å². The first-order valence-electron chi connectivity index (χ1n) is 16.3. The largest absolute Gasteiger partial charge is 0.309 e. The zero-order valence-electron chi connectivity index (χ0n) is 26.5. The van der Waals surface area contributed by atoms with E-state index < -0.39 is 0 Å². The second-order valence-corrected chi connectivity index (χ2v) is 12.7. The summed E-state index contributed by atoms with van der Waals surface area (Å²) >= 11 is 0. The fourth-order valence-corrected chi connectivity index (χ4v) is 7.30. The van der Waals surface area contributed by atoms with E-state index in [-0.39, 0.29) is 0 Å². The van der Waals surface area contributed by atoms with Gasteiger partial charge >= 0.3 is 0 Å². The van der Waals surface area contributed by atoms with Gasteiger partial charge in [-0.25, -0.2) is 4.98 Å². The predicted molar refractivity (Wildman–Crippen MR) is 198 cm³/mol. The average molecular weight is 616 g/mol. The Morgan fingerprint density at radius 2 is 0.917 bits per heavy atom. The van der Waals surface area contributed by atoms with Gasteiger partial charge in [0.05, 0.1) is 27.6 Å². The van der Waals surface area contributed by atoms with Gasteiger partial charge < -0.3 is 4.40 Å². The van der Waals surface area contributed by atoms with Gasteiger partial charge in [0, 0.05) is 38.1 Å². The van der Waals surface area contributed by atoms with Crippen LogP contribution in [-0.4, -0.2) is 23.9 Å². The first kappa shape index (κ1) is 26.8. The summed E-state index contributed by atoms with van der Waals surface area (Å²) in [4.78, 5) is 15.4. The molecule has 0 saturated heterocycles. The van der Waals surface area contributed by atoms with Crippen LogP contribution in [0, 0.1) is 13.8 Å². The van der Waals surface area contributed by atoms with Crippen molar-refractivity contribution in [3.63, 3.8) is 0 Å². The number of nitrogens with zero attached hydrogens (tertiary/aromatic N) is 5. The molecule has 0 radical (unpaired) electrons. The maximum Gasteiger partial charge on any atom is 0.238 e. The molecule has 4 aromatic heterocycles. The Kier molecular flexibility index (Phi) is 5.64. The number of fused-ring (bicyclic) bond motifs is 11. The summed E-state index contributed by atoms with van der Waals surface area (Å²) in [6.07, 6.45) is 0. The van der Waals surface area contributed by atoms with Crippen molar-refractivity contribution < 1.29 is 0 Å². The van der Waals surface area contributed by atoms with Crippen molar-refractivity contribution in [2.45, 2.75) is 13.8 Å². The fourth-order valence-electron chi connectivity index (χ4n) is 7.30. The Morgan fingerprint density at radius 3 is 1.58 bits per heavy atom. The lowest BCUT2D eigenvalue weighted by Crippen LogP contribution is -2.06. The average Bonchev–Trinajstić information content (AvgIpc) is 3.68. The molecule has 5 nitrogen and oxygen atoms in total. The predicted octanol–water partition coefficient (Wildman–Crippen LogP) is 10.6. The van der Waals surface area contributed by atoms with Crippen LogP contribution in [-0.2, 0) is 0 Å². The molecule has 0 unspecified atom stereocenters. The van der Waals surface area contributed by atoms with Gasteiger partial charge in [-0.15, -0.1) is 0 Å². The third kappa shape index (κ3) is 3.94. The Labute approximate surface area is 276 Å². The SMILES string of the molecule is Cc1ccc(-c2nc(-c3ccc(C)cc3)nc(-n3c4ccccc4c4cc5c6ccccc6c6cc7ccccc7n6c5cc43)n2)cc1. The van der Waals surface area contributed by atoms with E-state index in [1.54, 1.807) is 0 Å². The molecular formula is C43H29N5. The number of aromatic nitrogens is 5. The van der Waals surface area contributed by atoms with Gasteiger partial charge in [-0.05, 0) is 49.6 Å². The van der Waals surface area contributed by atoms with E-state index in [0.717, 1.165) is 38.4 Å². The highest BCUT2D eigenvalue weighted by molar-refractivity contribution is 6.21. The van der Waals surface area contributed by atoms with Gasteiger partial charge in [-0.3, -0.25) is 4.57 Å². The minimum Gasteiger partial charge on any atom is -0.309 e. The van der Waals surface area contributed by atoms with Crippen LogP contribution in [0.5, 0.6) is 0 Å². The normalized spacial score (nSPS) is 12.0. The number of para-hydroxylation sites is 2. The molecule has 0 bridgehead atoms. The highest BCUT2D eigenvalue weighted by atomic mass is 15.2. The third-order valence-corrected chi connectivity index (χ3v) is 9.68. The van der Waals surface area contributed by atoms with E-state index in [1.165, 1.54) is 43.7 Å². The fraction of sp³-hybridized carbons (Fsp3) is 0.0465. The maximum atomic E-state index is 5.19. The second kappa shape index (κ2) is 10.1. The molecule has 48 heavy (non-hydrogen) atoms. The summed E-state index contributed by atoms with van der Waals surface area (Å²) < 4.78 is 4.63. The number of hydrogen-bond acceptors (Lipinski definition) is 3. The molecule has 0 spiro atoms. The molecule has 5 heteroatoms. The van der Waals surface area contributed by atoms with Gasteiger partial charge in [-0.2, -0.15) is 9.97 Å². The van der Waals surface area contributed by atoms with Crippen LogP contribution >= 0.6 is 0 Å². The molecule has 10 aromatic rings. The lowest BCUT2D eigenvalue weighted by atomic mass is 10.0. The standard InChI is InChI=1S/C43H29N5/c1-26-15-19-28(20-16-26)41-44-42(29-21-17-27(2)18-22-29)46-43(45-41)48-37-14-8-6-12-33(37)35-24-34-31-10-4-5-11-32(31)38-23-30-9-3-7-13-36(30)47(38)39(34)25-40(35)48/h3-25H,1-2H3. The Balaban J connectivity index is 1.35. The number of hydrogen-bond donors (Lipinski definition) is 0. The Bertz CT molecular complexity index is 2830. The van der Waals surface area contributed by atoms with Crippen LogP contribution in [0.25, 0.3) is 88.6 Å². The Morgan fingerprint density at radius 1 is 0.396 bits per heavy atom. The minimum absolute atomic E-state index is 0.594. The van der Waals surface area contributed by atoms with Crippen LogP contribution in [0.15, 0.2) is 140 Å². The quantitative estimate of drug-likeness (QED) is 0.186. The number of pyridine rings is 1. The second-order valence-electron chi connectivity index (χ2n) is 12.7. The van der Waals surface area contributed by atoms with Gasteiger partial charge in [0.25, 0.3) is 0 Å². The van der Waals surface area contributed by atoms with Gasteiger partial charge in [0.15, 0.2) is 11.6 Å². The molecule has 10 rings (SSSR count). The summed E-state index contributed by atoms with van der Waals surface area (Å²) in [5.41, 5.74) is 9.93. The molecule has 4 heterocycles. The minimum atomic E-state index is 0.594. The van der Waals surface area contributed by atoms with E-state index in [0.29, 0.717) is 17.6 Å². The molecular weight excluding hydrogens is 587 g/mol. The molecule has 6 aromatic carbocycles. The zero-order chi connectivity index (χ0) is 31.9. The number of aryl methyl sites for hydroxylation is 2. The molecule has 0 saturated carbocycles. The van der Waals surface area contributed by atoms with Crippen molar-refractivity contribution in [3.8, 4) is 28.7 Å². The summed E-state index contributed by atoms with van der Waals surface area (Å²) in [5, 5.41) is 7.24. The van der Waals surface area contributed by atoms with Gasteiger partial charge in [0.2, 0.25) is 5.95 Å². The lowest BCUT2D eigenvalue weighted by Gasteiger charge is -2.13. The summed E-state index contributed by atoms with van der Waals surface area (Å²) in [6.45, 7) is 4.19. The Hall–Kier alpha value is -6.33. The first-order valence-corrected chi connectivity index (χ1v) is 16.3. The van der Waals surface area contributed by atoms with E-state index >= 15 is 0 Å². The van der Waals surface area contributed by atoms with E-state index in [4.69, 9.17) is 15.0 Å². The lowest BCUT2D eigenvalue weighted by molar-refractivity contribution is 0.953. The number of benzene rings is 6. The first-order chi connectivity index (χ1) is 23.6. The van der Waals surface area contributed by atoms with Crippen molar-refractivity contribution in [1.82, 2.24) is 23.9 Å². The van der Waals surface area contributed by atoms with Crippen LogP contribution < -0.4 is 0 Å².